The fraction of sp³-hybridized carbons (Fsp3) is 0.130. The summed E-state index contributed by atoms with van der Waals surface area (Å²) in [6, 6.07) is 71.3. The number of aryl methyl sites for hydroxylation is 1. The van der Waals surface area contributed by atoms with Gasteiger partial charge in [-0.3, -0.25) is 0 Å². The summed E-state index contributed by atoms with van der Waals surface area (Å²) in [4.78, 5) is 9.91. The maximum Gasteiger partial charge on any atom is 2.00 e. The van der Waals surface area contributed by atoms with E-state index in [1.807, 2.05) is 6.20 Å². The van der Waals surface area contributed by atoms with E-state index < -0.39 is 5.41 Å². The molecule has 9 aromatic rings. The smallest absolute Gasteiger partial charge is 0.347 e. The maximum atomic E-state index is 5.03. The van der Waals surface area contributed by atoms with Crippen LogP contribution in [0.1, 0.15) is 48.6 Å². The van der Waals surface area contributed by atoms with Crippen molar-refractivity contribution in [1.29, 1.82) is 0 Å². The number of pyridine rings is 1. The third kappa shape index (κ3) is 6.38. The number of hydrogen-bond acceptors (Lipinski definition) is 3. The first-order valence-corrected chi connectivity index (χ1v) is 20.1. The Morgan fingerprint density at radius 3 is 1.95 bits per heavy atom. The Morgan fingerprint density at radius 2 is 1.22 bits per heavy atom. The SMILES string of the molecule is Cc1ccccc1-c1ccnc(-n2c3[c-]c(C(c4[c-]c(N5CN(C(C)(C)C)c6ccccc65)ccc4)(c4ccccc4)c4ccccc4)ccc3c3ccccc32)c1.[Pt+2]. The number of fused-ring (bicyclic) bond motifs is 4. The van der Waals surface area contributed by atoms with Gasteiger partial charge in [-0.25, -0.2) is 4.98 Å². The Hall–Kier alpha value is -6.22. The molecule has 290 valence electrons. The Balaban J connectivity index is 0.00000449. The molecule has 0 N–H and O–H groups in total. The molecule has 1 aliphatic rings. The van der Waals surface area contributed by atoms with Gasteiger partial charge < -0.3 is 14.4 Å². The summed E-state index contributed by atoms with van der Waals surface area (Å²) in [6.07, 6.45) is 1.93. The number of rotatable bonds is 7. The van der Waals surface area contributed by atoms with Gasteiger partial charge in [0.25, 0.3) is 0 Å². The molecule has 2 aromatic heterocycles. The van der Waals surface area contributed by atoms with Crippen molar-refractivity contribution in [3.05, 3.63) is 222 Å². The summed E-state index contributed by atoms with van der Waals surface area (Å²) in [7, 11) is 0. The molecule has 0 saturated carbocycles. The molecule has 3 heterocycles. The van der Waals surface area contributed by atoms with Crippen LogP contribution in [0, 0.1) is 19.1 Å². The number of hydrogen-bond donors (Lipinski definition) is 0. The van der Waals surface area contributed by atoms with Crippen molar-refractivity contribution in [1.82, 2.24) is 9.55 Å². The Morgan fingerprint density at radius 1 is 0.576 bits per heavy atom. The standard InChI is InChI=1S/C54H44N4.Pt/c1-38-18-11-12-25-45(38)39-32-33-55-52(34-39)58-48-27-14-13-26-46(48)47-31-30-43(36-51(47)58)54(40-19-7-5-8-20-40,41-21-9-6-10-22-41)42-23-17-24-44(35-42)56-37-57(53(2,3)4)50-29-16-15-28-49(50)56;/h5-34H,37H2,1-4H3;/q-2;+2. The normalized spacial score (nSPS) is 12.8. The number of benzene rings is 7. The molecule has 5 heteroatoms. The molecule has 0 saturated heterocycles. The van der Waals surface area contributed by atoms with Crippen LogP contribution < -0.4 is 9.80 Å². The predicted octanol–water partition coefficient (Wildman–Crippen LogP) is 12.8. The van der Waals surface area contributed by atoms with E-state index in [-0.39, 0.29) is 26.6 Å². The Labute approximate surface area is 361 Å². The molecule has 0 unspecified atom stereocenters. The van der Waals surface area contributed by atoms with Gasteiger partial charge in [-0.15, -0.1) is 22.6 Å². The monoisotopic (exact) mass is 943 g/mol. The van der Waals surface area contributed by atoms with Crippen molar-refractivity contribution in [2.75, 3.05) is 16.5 Å². The molecular formula is C54H44N4Pt. The summed E-state index contributed by atoms with van der Waals surface area (Å²) < 4.78 is 2.29. The van der Waals surface area contributed by atoms with E-state index in [9.17, 15) is 0 Å². The van der Waals surface area contributed by atoms with Crippen LogP contribution in [0.5, 0.6) is 0 Å². The van der Waals surface area contributed by atoms with Crippen LogP contribution in [0.2, 0.25) is 0 Å². The molecule has 10 rings (SSSR count). The number of anilines is 3. The average Bonchev–Trinajstić information content (AvgIpc) is 3.82. The zero-order valence-corrected chi connectivity index (χ0v) is 35.9. The van der Waals surface area contributed by atoms with Gasteiger partial charge in [0.2, 0.25) is 0 Å². The van der Waals surface area contributed by atoms with Crippen LogP contribution in [-0.4, -0.2) is 21.8 Å². The molecule has 0 fully saturated rings. The van der Waals surface area contributed by atoms with Crippen LogP contribution in [0.3, 0.4) is 0 Å². The Bertz CT molecular complexity index is 2910. The number of nitrogens with zero attached hydrogens (tertiary/aromatic N) is 4. The van der Waals surface area contributed by atoms with Gasteiger partial charge in [0, 0.05) is 22.7 Å². The molecule has 0 amide bonds. The molecule has 0 radical (unpaired) electrons. The first kappa shape index (κ1) is 38.3. The van der Waals surface area contributed by atoms with E-state index in [1.165, 1.54) is 22.5 Å². The summed E-state index contributed by atoms with van der Waals surface area (Å²) in [6.45, 7) is 9.74. The van der Waals surface area contributed by atoms with Gasteiger partial charge >= 0.3 is 21.1 Å². The van der Waals surface area contributed by atoms with Gasteiger partial charge in [-0.1, -0.05) is 126 Å². The van der Waals surface area contributed by atoms with Gasteiger partial charge in [0.1, 0.15) is 5.82 Å². The second-order valence-electron chi connectivity index (χ2n) is 16.3. The fourth-order valence-electron chi connectivity index (χ4n) is 9.09. The predicted molar refractivity (Wildman–Crippen MR) is 240 cm³/mol. The third-order valence-corrected chi connectivity index (χ3v) is 11.9. The molecule has 0 aliphatic carbocycles. The quantitative estimate of drug-likeness (QED) is 0.118. The van der Waals surface area contributed by atoms with Crippen LogP contribution >= 0.6 is 0 Å². The van der Waals surface area contributed by atoms with Crippen LogP contribution in [0.15, 0.2) is 182 Å². The van der Waals surface area contributed by atoms with Crippen LogP contribution in [0.25, 0.3) is 38.8 Å². The van der Waals surface area contributed by atoms with E-state index >= 15 is 0 Å². The average molecular weight is 944 g/mol. The van der Waals surface area contributed by atoms with E-state index in [2.05, 4.69) is 230 Å². The van der Waals surface area contributed by atoms with E-state index in [1.54, 1.807) is 0 Å². The minimum atomic E-state index is -0.770. The second kappa shape index (κ2) is 15.2. The van der Waals surface area contributed by atoms with E-state index in [0.29, 0.717) is 0 Å². The minimum absolute atomic E-state index is 0. The molecule has 0 spiro atoms. The van der Waals surface area contributed by atoms with Crippen molar-refractivity contribution in [3.63, 3.8) is 0 Å². The molecule has 0 bridgehead atoms. The van der Waals surface area contributed by atoms with Crippen molar-refractivity contribution in [2.45, 2.75) is 38.6 Å². The topological polar surface area (TPSA) is 24.3 Å². The summed E-state index contributed by atoms with van der Waals surface area (Å²) in [5.74, 6) is 0.857. The maximum absolute atomic E-state index is 5.03. The Kier molecular flexibility index (Phi) is 9.86. The zero-order valence-electron chi connectivity index (χ0n) is 33.6. The molecule has 7 aromatic carbocycles. The fourth-order valence-corrected chi connectivity index (χ4v) is 9.09. The second-order valence-corrected chi connectivity index (χ2v) is 16.3. The van der Waals surface area contributed by atoms with Gasteiger partial charge in [-0.2, -0.15) is 36.4 Å². The first-order chi connectivity index (χ1) is 28.3. The minimum Gasteiger partial charge on any atom is -0.347 e. The zero-order chi connectivity index (χ0) is 39.4. The molecule has 4 nitrogen and oxygen atoms in total. The van der Waals surface area contributed by atoms with Crippen molar-refractivity contribution < 1.29 is 21.1 Å². The number of para-hydroxylation sites is 3. The van der Waals surface area contributed by atoms with Crippen LogP contribution in [0.4, 0.5) is 17.1 Å². The molecular weight excluding hydrogens is 900 g/mol. The number of aromatic nitrogens is 2. The van der Waals surface area contributed by atoms with E-state index in [0.717, 1.165) is 67.8 Å². The van der Waals surface area contributed by atoms with Crippen molar-refractivity contribution in [2.24, 2.45) is 0 Å². The largest absolute Gasteiger partial charge is 2.00 e. The van der Waals surface area contributed by atoms with Crippen molar-refractivity contribution >= 4 is 38.9 Å². The summed E-state index contributed by atoms with van der Waals surface area (Å²) in [5, 5.41) is 2.30. The first-order valence-electron chi connectivity index (χ1n) is 20.1. The van der Waals surface area contributed by atoms with Crippen LogP contribution in [-0.2, 0) is 26.5 Å². The molecule has 0 atom stereocenters. The third-order valence-electron chi connectivity index (χ3n) is 11.9. The van der Waals surface area contributed by atoms with Gasteiger partial charge in [0.05, 0.1) is 18.0 Å². The molecule has 1 aliphatic heterocycles. The van der Waals surface area contributed by atoms with Gasteiger partial charge in [-0.05, 0) is 91.2 Å². The summed E-state index contributed by atoms with van der Waals surface area (Å²) in [5.41, 5.74) is 12.6. The van der Waals surface area contributed by atoms with Crippen molar-refractivity contribution in [3.8, 4) is 16.9 Å². The molecule has 59 heavy (non-hydrogen) atoms. The van der Waals surface area contributed by atoms with Gasteiger partial charge in [0.15, 0.2) is 0 Å². The van der Waals surface area contributed by atoms with E-state index in [4.69, 9.17) is 4.98 Å². The summed E-state index contributed by atoms with van der Waals surface area (Å²) >= 11 is 0.